The Morgan fingerprint density at radius 3 is 2.39 bits per heavy atom. The average molecular weight is 328 g/mol. The Morgan fingerprint density at radius 2 is 1.70 bits per heavy atom. The molecule has 3 aromatic rings. The molecule has 1 heterocycles. The number of fused-ring (bicyclic) bond motifs is 1. The van der Waals surface area contributed by atoms with Crippen molar-refractivity contribution in [1.82, 2.24) is 4.98 Å². The van der Waals surface area contributed by atoms with Gasteiger partial charge in [0.2, 0.25) is 5.91 Å². The van der Waals surface area contributed by atoms with Crippen LogP contribution < -0.4 is 10.6 Å². The summed E-state index contributed by atoms with van der Waals surface area (Å²) in [6, 6.07) is 14.1. The van der Waals surface area contributed by atoms with Crippen LogP contribution in [0.25, 0.3) is 10.9 Å². The number of hydrogen-bond donors (Lipinski definition) is 3. The predicted octanol–water partition coefficient (Wildman–Crippen LogP) is 4.03. The number of benzene rings is 2. The molecule has 0 atom stereocenters. The van der Waals surface area contributed by atoms with Gasteiger partial charge in [-0.25, -0.2) is 0 Å². The highest BCUT2D eigenvalue weighted by Gasteiger charge is 2.11. The molecule has 0 saturated heterocycles. The average Bonchev–Trinajstić information content (AvgIpc) is 2.92. The molecule has 23 heavy (non-hydrogen) atoms. The normalized spacial score (nSPS) is 10.5. The van der Waals surface area contributed by atoms with Gasteiger partial charge in [-0.3, -0.25) is 9.59 Å². The lowest BCUT2D eigenvalue weighted by molar-refractivity contribution is -0.114. The third-order valence-corrected chi connectivity index (χ3v) is 3.63. The first kappa shape index (κ1) is 15.1. The van der Waals surface area contributed by atoms with Crippen molar-refractivity contribution < 1.29 is 9.59 Å². The number of amides is 2. The number of H-pyrrole nitrogens is 1. The minimum atomic E-state index is -0.280. The van der Waals surface area contributed by atoms with Crippen LogP contribution in [-0.4, -0.2) is 16.8 Å². The molecule has 116 valence electrons. The summed E-state index contributed by atoms with van der Waals surface area (Å²) in [5.41, 5.74) is 2.42. The third kappa shape index (κ3) is 3.35. The van der Waals surface area contributed by atoms with E-state index >= 15 is 0 Å². The second-order valence-corrected chi connectivity index (χ2v) is 5.51. The molecule has 3 N–H and O–H groups in total. The zero-order valence-corrected chi connectivity index (χ0v) is 13.1. The first-order chi connectivity index (χ1) is 11.0. The van der Waals surface area contributed by atoms with Gasteiger partial charge in [0.1, 0.15) is 5.69 Å². The summed E-state index contributed by atoms with van der Waals surface area (Å²) < 4.78 is 0. The van der Waals surface area contributed by atoms with Crippen molar-refractivity contribution in [3.63, 3.8) is 0 Å². The maximum Gasteiger partial charge on any atom is 0.272 e. The molecule has 3 rings (SSSR count). The molecule has 0 bridgehead atoms. The zero-order chi connectivity index (χ0) is 16.4. The predicted molar refractivity (Wildman–Crippen MR) is 92.0 cm³/mol. The summed E-state index contributed by atoms with van der Waals surface area (Å²) in [5, 5.41) is 6.85. The summed E-state index contributed by atoms with van der Waals surface area (Å²) in [6.07, 6.45) is 0. The van der Waals surface area contributed by atoms with E-state index in [4.69, 9.17) is 11.6 Å². The molecule has 0 aliphatic carbocycles. The molecular formula is C17H14ClN3O2. The molecule has 0 saturated carbocycles. The van der Waals surface area contributed by atoms with Crippen LogP contribution in [0.4, 0.5) is 11.4 Å². The summed E-state index contributed by atoms with van der Waals surface area (Å²) in [5.74, 6) is -0.448. The standard InChI is InChI=1S/C17H14ClN3O2/c1-10(22)19-11-4-2-5-12(8-11)20-17(23)16-9-13-14(18)6-3-7-15(13)21-16/h2-9,21H,1H3,(H,19,22)(H,20,23). The van der Waals surface area contributed by atoms with E-state index in [1.807, 2.05) is 12.1 Å². The van der Waals surface area contributed by atoms with Gasteiger partial charge in [0.05, 0.1) is 0 Å². The van der Waals surface area contributed by atoms with Crippen LogP contribution in [0.3, 0.4) is 0 Å². The Labute approximate surface area is 137 Å². The number of carbonyl (C=O) groups excluding carboxylic acids is 2. The Hall–Kier alpha value is -2.79. The fraction of sp³-hybridized carbons (Fsp3) is 0.0588. The van der Waals surface area contributed by atoms with E-state index in [1.165, 1.54) is 6.92 Å². The van der Waals surface area contributed by atoms with Crippen molar-refractivity contribution in [2.45, 2.75) is 6.92 Å². The van der Waals surface area contributed by atoms with Crippen molar-refractivity contribution in [1.29, 1.82) is 0 Å². The lowest BCUT2D eigenvalue weighted by Gasteiger charge is -2.07. The van der Waals surface area contributed by atoms with Gasteiger partial charge in [-0.05, 0) is 36.4 Å². The van der Waals surface area contributed by atoms with E-state index in [2.05, 4.69) is 15.6 Å². The lowest BCUT2D eigenvalue weighted by atomic mass is 10.2. The largest absolute Gasteiger partial charge is 0.350 e. The van der Waals surface area contributed by atoms with Crippen molar-refractivity contribution in [2.75, 3.05) is 10.6 Å². The van der Waals surface area contributed by atoms with Gasteiger partial charge in [0.25, 0.3) is 5.91 Å². The molecule has 0 aliphatic heterocycles. The molecule has 0 spiro atoms. The number of halogens is 1. The molecular weight excluding hydrogens is 314 g/mol. The van der Waals surface area contributed by atoms with Gasteiger partial charge < -0.3 is 15.6 Å². The van der Waals surface area contributed by atoms with E-state index in [9.17, 15) is 9.59 Å². The molecule has 2 amide bonds. The van der Waals surface area contributed by atoms with Crippen LogP contribution in [0, 0.1) is 0 Å². The Balaban J connectivity index is 1.83. The Kier molecular flexibility index (Phi) is 4.04. The van der Waals surface area contributed by atoms with Crippen molar-refractivity contribution in [3.8, 4) is 0 Å². The Morgan fingerprint density at radius 1 is 1.00 bits per heavy atom. The Bertz CT molecular complexity index is 902. The van der Waals surface area contributed by atoms with Crippen molar-refractivity contribution in [2.24, 2.45) is 0 Å². The molecule has 1 aromatic heterocycles. The monoisotopic (exact) mass is 327 g/mol. The maximum absolute atomic E-state index is 12.4. The minimum Gasteiger partial charge on any atom is -0.350 e. The van der Waals surface area contributed by atoms with E-state index in [1.54, 1.807) is 36.4 Å². The lowest BCUT2D eigenvalue weighted by Crippen LogP contribution is -2.12. The fourth-order valence-corrected chi connectivity index (χ4v) is 2.55. The summed E-state index contributed by atoms with van der Waals surface area (Å²) >= 11 is 6.11. The SMILES string of the molecule is CC(=O)Nc1cccc(NC(=O)c2cc3c(Cl)cccc3[nH]2)c1. The van der Waals surface area contributed by atoms with Gasteiger partial charge >= 0.3 is 0 Å². The second kappa shape index (κ2) is 6.14. The summed E-state index contributed by atoms with van der Waals surface area (Å²) in [7, 11) is 0. The third-order valence-electron chi connectivity index (χ3n) is 3.30. The van der Waals surface area contributed by atoms with Crippen LogP contribution in [0.15, 0.2) is 48.5 Å². The smallest absolute Gasteiger partial charge is 0.272 e. The maximum atomic E-state index is 12.4. The van der Waals surface area contributed by atoms with E-state index in [-0.39, 0.29) is 11.8 Å². The number of hydrogen-bond acceptors (Lipinski definition) is 2. The van der Waals surface area contributed by atoms with Crippen LogP contribution in [0.5, 0.6) is 0 Å². The van der Waals surface area contributed by atoms with Crippen LogP contribution in [-0.2, 0) is 4.79 Å². The van der Waals surface area contributed by atoms with Crippen LogP contribution in [0.1, 0.15) is 17.4 Å². The zero-order valence-electron chi connectivity index (χ0n) is 12.3. The van der Waals surface area contributed by atoms with Crippen molar-refractivity contribution in [3.05, 3.63) is 59.2 Å². The minimum absolute atomic E-state index is 0.168. The molecule has 0 aliphatic rings. The highest BCUT2D eigenvalue weighted by molar-refractivity contribution is 6.35. The quantitative estimate of drug-likeness (QED) is 0.679. The number of aromatic amines is 1. The first-order valence-electron chi connectivity index (χ1n) is 6.99. The summed E-state index contributed by atoms with van der Waals surface area (Å²) in [6.45, 7) is 1.43. The highest BCUT2D eigenvalue weighted by Crippen LogP contribution is 2.24. The second-order valence-electron chi connectivity index (χ2n) is 5.10. The van der Waals surface area contributed by atoms with Crippen molar-refractivity contribution >= 4 is 45.7 Å². The number of rotatable bonds is 3. The van der Waals surface area contributed by atoms with Gasteiger partial charge in [0.15, 0.2) is 0 Å². The first-order valence-corrected chi connectivity index (χ1v) is 7.37. The fourth-order valence-electron chi connectivity index (χ4n) is 2.32. The molecule has 0 fully saturated rings. The van der Waals surface area contributed by atoms with Crippen LogP contribution >= 0.6 is 11.6 Å². The van der Waals surface area contributed by atoms with E-state index in [0.717, 1.165) is 10.9 Å². The molecule has 6 heteroatoms. The van der Waals surface area contributed by atoms with Gasteiger partial charge in [-0.15, -0.1) is 0 Å². The molecule has 0 unspecified atom stereocenters. The topological polar surface area (TPSA) is 74.0 Å². The summed E-state index contributed by atoms with van der Waals surface area (Å²) in [4.78, 5) is 26.5. The number of anilines is 2. The number of carbonyl (C=O) groups is 2. The van der Waals surface area contributed by atoms with Gasteiger partial charge in [-0.2, -0.15) is 0 Å². The van der Waals surface area contributed by atoms with Gasteiger partial charge in [0, 0.05) is 34.2 Å². The molecule has 2 aromatic carbocycles. The molecule has 0 radical (unpaired) electrons. The number of nitrogens with one attached hydrogen (secondary N) is 3. The number of aromatic nitrogens is 1. The van der Waals surface area contributed by atoms with E-state index < -0.39 is 0 Å². The molecule has 5 nitrogen and oxygen atoms in total. The van der Waals surface area contributed by atoms with Gasteiger partial charge in [-0.1, -0.05) is 23.7 Å². The highest BCUT2D eigenvalue weighted by atomic mass is 35.5. The van der Waals surface area contributed by atoms with E-state index in [0.29, 0.717) is 22.1 Å². The van der Waals surface area contributed by atoms with Crippen LogP contribution in [0.2, 0.25) is 5.02 Å².